The number of hydrogen-bond acceptors (Lipinski definition) is 5. The van der Waals surface area contributed by atoms with E-state index >= 15 is 0 Å². The second kappa shape index (κ2) is 12.0. The molecule has 0 bridgehead atoms. The van der Waals surface area contributed by atoms with E-state index in [0.717, 1.165) is 43.6 Å². The van der Waals surface area contributed by atoms with Gasteiger partial charge in [0.2, 0.25) is 0 Å². The zero-order valence-corrected chi connectivity index (χ0v) is 19.8. The number of nitrogens with one attached hydrogen (secondary N) is 1. The number of piperidine rings is 1. The zero-order chi connectivity index (χ0) is 25.4. The molecule has 1 saturated heterocycles. The molecule has 0 unspecified atom stereocenters. The standard InChI is InChI=1S/C25H30F3N3O4/c1-34-15-14-31(24(33)29-21-5-3-4-20(16-21)25(26,27)28)22-10-12-30(13-11-22)17-18-6-8-19(9-7-18)23(32)35-2/h3-9,16,22H,10-15,17H2,1-2H3,(H,29,33). The van der Waals surface area contributed by atoms with Crippen molar-refractivity contribution in [3.8, 4) is 0 Å². The van der Waals surface area contributed by atoms with Crippen LogP contribution in [0.25, 0.3) is 0 Å². The normalized spacial score (nSPS) is 15.0. The highest BCUT2D eigenvalue weighted by atomic mass is 19.4. The van der Waals surface area contributed by atoms with Gasteiger partial charge in [0.05, 0.1) is 24.8 Å². The molecule has 0 aromatic heterocycles. The molecule has 0 atom stereocenters. The Balaban J connectivity index is 1.59. The number of hydrogen-bond donors (Lipinski definition) is 1. The second-order valence-corrected chi connectivity index (χ2v) is 8.39. The Kier molecular flexibility index (Phi) is 9.11. The number of benzene rings is 2. The summed E-state index contributed by atoms with van der Waals surface area (Å²) in [4.78, 5) is 28.5. The fourth-order valence-electron chi connectivity index (χ4n) is 4.12. The molecule has 1 N–H and O–H groups in total. The van der Waals surface area contributed by atoms with Gasteiger partial charge < -0.3 is 19.7 Å². The number of alkyl halides is 3. The largest absolute Gasteiger partial charge is 0.465 e. The highest BCUT2D eigenvalue weighted by molar-refractivity contribution is 5.90. The van der Waals surface area contributed by atoms with E-state index in [4.69, 9.17) is 9.47 Å². The van der Waals surface area contributed by atoms with Crippen LogP contribution in [-0.2, 0) is 22.2 Å². The molecule has 1 aliphatic rings. The van der Waals surface area contributed by atoms with E-state index in [2.05, 4.69) is 10.2 Å². The van der Waals surface area contributed by atoms with E-state index in [1.54, 1.807) is 17.0 Å². The number of carbonyl (C=O) groups excluding carboxylic acids is 2. The lowest BCUT2D eigenvalue weighted by atomic mass is 10.0. The van der Waals surface area contributed by atoms with E-state index in [-0.39, 0.29) is 17.7 Å². The molecule has 2 aromatic rings. The lowest BCUT2D eigenvalue weighted by Gasteiger charge is -2.38. The number of likely N-dealkylation sites (tertiary alicyclic amines) is 1. The number of esters is 1. The van der Waals surface area contributed by atoms with E-state index < -0.39 is 17.8 Å². The molecule has 190 valence electrons. The number of anilines is 1. The SMILES string of the molecule is COCCN(C(=O)Nc1cccc(C(F)(F)F)c1)C1CCN(Cc2ccc(C(=O)OC)cc2)CC1. The number of urea groups is 1. The summed E-state index contributed by atoms with van der Waals surface area (Å²) in [5, 5.41) is 2.61. The molecule has 35 heavy (non-hydrogen) atoms. The van der Waals surface area contributed by atoms with Crippen LogP contribution in [0, 0.1) is 0 Å². The number of nitrogens with zero attached hydrogens (tertiary/aromatic N) is 2. The van der Waals surface area contributed by atoms with Crippen LogP contribution in [0.15, 0.2) is 48.5 Å². The number of halogens is 3. The molecule has 2 amide bonds. The summed E-state index contributed by atoms with van der Waals surface area (Å²) >= 11 is 0. The van der Waals surface area contributed by atoms with Crippen molar-refractivity contribution < 1.29 is 32.2 Å². The predicted octanol–water partition coefficient (Wildman–Crippen LogP) is 4.64. The van der Waals surface area contributed by atoms with Crippen LogP contribution in [0.2, 0.25) is 0 Å². The Morgan fingerprint density at radius 3 is 2.37 bits per heavy atom. The van der Waals surface area contributed by atoms with Gasteiger partial charge in [0.1, 0.15) is 0 Å². The molecule has 10 heteroatoms. The maximum Gasteiger partial charge on any atom is 0.416 e. The maximum atomic E-state index is 13.0. The smallest absolute Gasteiger partial charge is 0.416 e. The van der Waals surface area contributed by atoms with Crippen LogP contribution >= 0.6 is 0 Å². The minimum atomic E-state index is -4.48. The van der Waals surface area contributed by atoms with Crippen molar-refractivity contribution in [3.05, 3.63) is 65.2 Å². The summed E-state index contributed by atoms with van der Waals surface area (Å²) in [6.07, 6.45) is -3.04. The molecule has 1 heterocycles. The number of amides is 2. The Bertz CT molecular complexity index is 990. The summed E-state index contributed by atoms with van der Waals surface area (Å²) < 4.78 is 48.9. The summed E-state index contributed by atoms with van der Waals surface area (Å²) in [5.74, 6) is -0.378. The summed E-state index contributed by atoms with van der Waals surface area (Å²) in [6.45, 7) is 2.87. The van der Waals surface area contributed by atoms with Crippen LogP contribution < -0.4 is 5.32 Å². The van der Waals surface area contributed by atoms with Crippen molar-refractivity contribution in [1.29, 1.82) is 0 Å². The number of ether oxygens (including phenoxy) is 2. The molecular formula is C25H30F3N3O4. The van der Waals surface area contributed by atoms with Crippen molar-refractivity contribution in [2.75, 3.05) is 45.8 Å². The minimum absolute atomic E-state index is 0.0612. The van der Waals surface area contributed by atoms with Crippen molar-refractivity contribution in [2.24, 2.45) is 0 Å². The van der Waals surface area contributed by atoms with Crippen molar-refractivity contribution in [2.45, 2.75) is 31.6 Å². The molecule has 0 aliphatic carbocycles. The molecule has 3 rings (SSSR count). The first-order valence-electron chi connectivity index (χ1n) is 11.3. The fourth-order valence-corrected chi connectivity index (χ4v) is 4.12. The van der Waals surface area contributed by atoms with Crippen LogP contribution in [0.5, 0.6) is 0 Å². The Labute approximate surface area is 202 Å². The topological polar surface area (TPSA) is 71.1 Å². The zero-order valence-electron chi connectivity index (χ0n) is 19.8. The quantitative estimate of drug-likeness (QED) is 0.543. The molecule has 0 saturated carbocycles. The van der Waals surface area contributed by atoms with Crippen LogP contribution in [0.4, 0.5) is 23.7 Å². The Morgan fingerprint density at radius 2 is 1.77 bits per heavy atom. The third-order valence-electron chi connectivity index (χ3n) is 6.02. The van der Waals surface area contributed by atoms with Gasteiger partial charge in [-0.15, -0.1) is 0 Å². The summed E-state index contributed by atoms with van der Waals surface area (Å²) in [5.41, 5.74) is 0.844. The summed E-state index contributed by atoms with van der Waals surface area (Å²) in [6, 6.07) is 11.4. The average molecular weight is 494 g/mol. The van der Waals surface area contributed by atoms with Crippen LogP contribution in [-0.4, -0.2) is 68.3 Å². The van der Waals surface area contributed by atoms with Gasteiger partial charge in [0, 0.05) is 45.0 Å². The van der Waals surface area contributed by atoms with E-state index in [0.29, 0.717) is 25.3 Å². The average Bonchev–Trinajstić information content (AvgIpc) is 2.85. The maximum absolute atomic E-state index is 13.0. The second-order valence-electron chi connectivity index (χ2n) is 8.39. The number of rotatable bonds is 8. The highest BCUT2D eigenvalue weighted by Crippen LogP contribution is 2.31. The first kappa shape index (κ1) is 26.5. The lowest BCUT2D eigenvalue weighted by Crippen LogP contribution is -2.49. The van der Waals surface area contributed by atoms with Gasteiger partial charge in [-0.3, -0.25) is 4.90 Å². The number of carbonyl (C=O) groups is 2. The molecule has 1 fully saturated rings. The first-order valence-corrected chi connectivity index (χ1v) is 11.3. The van der Waals surface area contributed by atoms with Crippen LogP contribution in [0.1, 0.15) is 34.3 Å². The molecule has 0 radical (unpaired) electrons. The summed E-state index contributed by atoms with van der Waals surface area (Å²) in [7, 11) is 2.88. The van der Waals surface area contributed by atoms with Gasteiger partial charge in [-0.1, -0.05) is 18.2 Å². The molecular weight excluding hydrogens is 463 g/mol. The molecule has 0 spiro atoms. The molecule has 1 aliphatic heterocycles. The Morgan fingerprint density at radius 1 is 1.09 bits per heavy atom. The third kappa shape index (κ3) is 7.43. The molecule has 2 aromatic carbocycles. The van der Waals surface area contributed by atoms with Crippen molar-refractivity contribution >= 4 is 17.7 Å². The van der Waals surface area contributed by atoms with Gasteiger partial charge in [-0.25, -0.2) is 9.59 Å². The van der Waals surface area contributed by atoms with Crippen molar-refractivity contribution in [3.63, 3.8) is 0 Å². The van der Waals surface area contributed by atoms with Gasteiger partial charge in [-0.05, 0) is 48.7 Å². The van der Waals surface area contributed by atoms with Gasteiger partial charge in [0.25, 0.3) is 0 Å². The van der Waals surface area contributed by atoms with Gasteiger partial charge >= 0.3 is 18.2 Å². The molecule has 7 nitrogen and oxygen atoms in total. The minimum Gasteiger partial charge on any atom is -0.465 e. The first-order chi connectivity index (χ1) is 16.7. The third-order valence-corrected chi connectivity index (χ3v) is 6.02. The van der Waals surface area contributed by atoms with Gasteiger partial charge in [0.15, 0.2) is 0 Å². The van der Waals surface area contributed by atoms with Crippen molar-refractivity contribution in [1.82, 2.24) is 9.80 Å². The van der Waals surface area contributed by atoms with E-state index in [1.807, 2.05) is 12.1 Å². The Hall–Kier alpha value is -3.11. The predicted molar refractivity (Wildman–Crippen MR) is 125 cm³/mol. The fraction of sp³-hybridized carbons (Fsp3) is 0.440. The van der Waals surface area contributed by atoms with Crippen LogP contribution in [0.3, 0.4) is 0 Å². The van der Waals surface area contributed by atoms with E-state index in [1.165, 1.54) is 26.4 Å². The number of methoxy groups -OCH3 is 2. The lowest BCUT2D eigenvalue weighted by molar-refractivity contribution is -0.137. The monoisotopic (exact) mass is 493 g/mol. The van der Waals surface area contributed by atoms with Gasteiger partial charge in [-0.2, -0.15) is 13.2 Å². The van der Waals surface area contributed by atoms with E-state index in [9.17, 15) is 22.8 Å². The highest BCUT2D eigenvalue weighted by Gasteiger charge is 2.31.